The Kier molecular flexibility index (Phi) is 4.80. The second kappa shape index (κ2) is 8.10. The number of amides is 1. The van der Waals surface area contributed by atoms with Crippen molar-refractivity contribution in [2.75, 3.05) is 12.4 Å². The number of hydrogen-bond acceptors (Lipinski definition) is 2. The lowest BCUT2D eigenvalue weighted by Crippen LogP contribution is -2.47. The van der Waals surface area contributed by atoms with Crippen molar-refractivity contribution in [2.24, 2.45) is 7.05 Å². The molecule has 0 unspecified atom stereocenters. The Bertz CT molecular complexity index is 1650. The first-order valence-corrected chi connectivity index (χ1v) is 12.8. The van der Waals surface area contributed by atoms with Gasteiger partial charge in [-0.15, -0.1) is 0 Å². The molecule has 4 heteroatoms. The molecule has 4 aromatic carbocycles. The van der Waals surface area contributed by atoms with Crippen molar-refractivity contribution in [1.29, 1.82) is 0 Å². The van der Waals surface area contributed by atoms with Gasteiger partial charge in [0.2, 0.25) is 5.91 Å². The fraction of sp³-hybridized carbons (Fsp3) is 0.182. The van der Waals surface area contributed by atoms with Crippen molar-refractivity contribution in [3.63, 3.8) is 0 Å². The molecule has 0 saturated heterocycles. The van der Waals surface area contributed by atoms with E-state index >= 15 is 0 Å². The molecular weight excluding hydrogens is 456 g/mol. The number of anilines is 1. The number of hydrogen-bond donors (Lipinski definition) is 1. The van der Waals surface area contributed by atoms with Crippen LogP contribution < -0.4 is 10.1 Å². The van der Waals surface area contributed by atoms with Crippen LogP contribution in [-0.4, -0.2) is 17.6 Å². The van der Waals surface area contributed by atoms with Gasteiger partial charge in [0.15, 0.2) is 0 Å². The van der Waals surface area contributed by atoms with Gasteiger partial charge < -0.3 is 14.6 Å². The first-order valence-electron chi connectivity index (χ1n) is 12.8. The van der Waals surface area contributed by atoms with Crippen LogP contribution in [0, 0.1) is 0 Å². The van der Waals surface area contributed by atoms with Gasteiger partial charge in [-0.1, -0.05) is 78.9 Å². The summed E-state index contributed by atoms with van der Waals surface area (Å²) >= 11 is 0. The summed E-state index contributed by atoms with van der Waals surface area (Å²) in [7, 11) is 3.81. The highest BCUT2D eigenvalue weighted by Crippen LogP contribution is 2.61. The Hall–Kier alpha value is -4.31. The number of aryl methyl sites for hydroxylation is 1. The summed E-state index contributed by atoms with van der Waals surface area (Å²) in [5.74, 6) is 0.950. The first kappa shape index (κ1) is 21.9. The third-order valence-electron chi connectivity index (χ3n) is 8.54. The average molecular weight is 485 g/mol. The SMILES string of the molecule is COc1ccc([C@H]2C[C@@H](c3ccccc3)c3c(n(C)c4ccccc34)[C@@]23C(=O)Nc2ccccc23)cc1. The van der Waals surface area contributed by atoms with Gasteiger partial charge in [-0.3, -0.25) is 4.79 Å². The molecule has 0 fully saturated rings. The number of para-hydroxylation sites is 2. The van der Waals surface area contributed by atoms with E-state index in [2.05, 4.69) is 95.8 Å². The Morgan fingerprint density at radius 2 is 1.54 bits per heavy atom. The summed E-state index contributed by atoms with van der Waals surface area (Å²) in [4.78, 5) is 14.4. The van der Waals surface area contributed by atoms with E-state index in [1.807, 2.05) is 24.3 Å². The molecule has 182 valence electrons. The van der Waals surface area contributed by atoms with Crippen molar-refractivity contribution in [3.8, 4) is 5.75 Å². The topological polar surface area (TPSA) is 43.3 Å². The number of methoxy groups -OCH3 is 1. The summed E-state index contributed by atoms with van der Waals surface area (Å²) in [5.41, 5.74) is 7.04. The molecule has 7 rings (SSSR count). The van der Waals surface area contributed by atoms with E-state index in [1.165, 1.54) is 16.5 Å². The molecule has 1 amide bonds. The van der Waals surface area contributed by atoms with Crippen LogP contribution in [0.4, 0.5) is 5.69 Å². The Morgan fingerprint density at radius 3 is 2.32 bits per heavy atom. The van der Waals surface area contributed by atoms with Crippen LogP contribution in [0.2, 0.25) is 0 Å². The zero-order valence-corrected chi connectivity index (χ0v) is 20.9. The van der Waals surface area contributed by atoms with Gasteiger partial charge >= 0.3 is 0 Å². The van der Waals surface area contributed by atoms with Gasteiger partial charge in [-0.25, -0.2) is 0 Å². The lowest BCUT2D eigenvalue weighted by Gasteiger charge is -2.44. The maximum Gasteiger partial charge on any atom is 0.241 e. The van der Waals surface area contributed by atoms with Crippen LogP contribution in [0.5, 0.6) is 5.75 Å². The van der Waals surface area contributed by atoms with Crippen molar-refractivity contribution in [1.82, 2.24) is 4.57 Å². The maximum atomic E-state index is 14.4. The molecule has 0 bridgehead atoms. The molecule has 0 radical (unpaired) electrons. The highest BCUT2D eigenvalue weighted by Gasteiger charge is 2.60. The van der Waals surface area contributed by atoms with Crippen molar-refractivity contribution in [2.45, 2.75) is 23.7 Å². The molecule has 1 aliphatic heterocycles. The Morgan fingerprint density at radius 1 is 0.838 bits per heavy atom. The van der Waals surface area contributed by atoms with E-state index in [4.69, 9.17) is 4.74 Å². The van der Waals surface area contributed by atoms with Crippen molar-refractivity contribution in [3.05, 3.63) is 131 Å². The monoisotopic (exact) mass is 484 g/mol. The lowest BCUT2D eigenvalue weighted by atomic mass is 9.57. The number of ether oxygens (including phenoxy) is 1. The maximum absolute atomic E-state index is 14.4. The fourth-order valence-electron chi connectivity index (χ4n) is 7.02. The zero-order valence-electron chi connectivity index (χ0n) is 20.9. The molecule has 0 saturated carbocycles. The average Bonchev–Trinajstić information content (AvgIpc) is 3.41. The summed E-state index contributed by atoms with van der Waals surface area (Å²) in [6.45, 7) is 0. The Labute approximate surface area is 216 Å². The molecule has 2 heterocycles. The highest BCUT2D eigenvalue weighted by atomic mass is 16.5. The summed E-state index contributed by atoms with van der Waals surface area (Å²) in [6, 6.07) is 35.8. The van der Waals surface area contributed by atoms with E-state index in [0.29, 0.717) is 0 Å². The lowest BCUT2D eigenvalue weighted by molar-refractivity contribution is -0.120. The molecule has 1 N–H and O–H groups in total. The molecular formula is C33H28N2O2. The molecule has 1 aliphatic carbocycles. The normalized spacial score (nSPS) is 22.1. The number of carbonyl (C=O) groups is 1. The number of benzene rings is 4. The number of nitrogens with zero attached hydrogens (tertiary/aromatic N) is 1. The van der Waals surface area contributed by atoms with Crippen LogP contribution in [0.3, 0.4) is 0 Å². The predicted octanol–water partition coefficient (Wildman–Crippen LogP) is 6.74. The fourth-order valence-corrected chi connectivity index (χ4v) is 7.02. The third-order valence-corrected chi connectivity index (χ3v) is 8.54. The molecule has 4 nitrogen and oxygen atoms in total. The minimum Gasteiger partial charge on any atom is -0.497 e. The van der Waals surface area contributed by atoms with Crippen molar-refractivity contribution < 1.29 is 9.53 Å². The largest absolute Gasteiger partial charge is 0.497 e. The quantitative estimate of drug-likeness (QED) is 0.308. The van der Waals surface area contributed by atoms with Crippen LogP contribution in [-0.2, 0) is 17.3 Å². The smallest absolute Gasteiger partial charge is 0.241 e. The molecule has 3 atom stereocenters. The molecule has 1 aromatic heterocycles. The van der Waals surface area contributed by atoms with Gasteiger partial charge in [-0.05, 0) is 52.9 Å². The van der Waals surface area contributed by atoms with Crippen LogP contribution in [0.1, 0.15) is 46.2 Å². The van der Waals surface area contributed by atoms with Gasteiger partial charge in [0.05, 0.1) is 7.11 Å². The van der Waals surface area contributed by atoms with E-state index < -0.39 is 5.41 Å². The number of fused-ring (bicyclic) bond motifs is 6. The van der Waals surface area contributed by atoms with Crippen LogP contribution in [0.15, 0.2) is 103 Å². The van der Waals surface area contributed by atoms with Crippen LogP contribution >= 0.6 is 0 Å². The molecule has 37 heavy (non-hydrogen) atoms. The minimum absolute atomic E-state index is 0.0492. The number of aromatic nitrogens is 1. The second-order valence-electron chi connectivity index (χ2n) is 10.2. The number of rotatable bonds is 3. The second-order valence-corrected chi connectivity index (χ2v) is 10.2. The van der Waals surface area contributed by atoms with E-state index in [-0.39, 0.29) is 17.7 Å². The Balaban J connectivity index is 1.61. The van der Waals surface area contributed by atoms with E-state index in [1.54, 1.807) is 7.11 Å². The van der Waals surface area contributed by atoms with Gasteiger partial charge in [0, 0.05) is 41.2 Å². The van der Waals surface area contributed by atoms with Gasteiger partial charge in [0.1, 0.15) is 11.2 Å². The summed E-state index contributed by atoms with van der Waals surface area (Å²) in [5, 5.41) is 4.49. The standard InChI is InChI=1S/C33H28N2O2/c1-35-29-15-9-6-12-24(29)30-25(21-10-4-3-5-11-21)20-27(22-16-18-23(37-2)19-17-22)33(31(30)35)26-13-7-8-14-28(26)34-32(33)36/h3-19,25,27H,20H2,1-2H3,(H,34,36)/t25-,27+,33-/m0/s1. The van der Waals surface area contributed by atoms with Gasteiger partial charge in [-0.2, -0.15) is 0 Å². The number of carbonyl (C=O) groups excluding carboxylic acids is 1. The highest BCUT2D eigenvalue weighted by molar-refractivity contribution is 6.11. The molecule has 5 aromatic rings. The first-order chi connectivity index (χ1) is 18.1. The zero-order chi connectivity index (χ0) is 25.1. The van der Waals surface area contributed by atoms with E-state index in [9.17, 15) is 4.79 Å². The van der Waals surface area contributed by atoms with E-state index in [0.717, 1.165) is 40.2 Å². The third kappa shape index (κ3) is 2.93. The van der Waals surface area contributed by atoms with Gasteiger partial charge in [0.25, 0.3) is 0 Å². The summed E-state index contributed by atoms with van der Waals surface area (Å²) in [6.07, 6.45) is 0.819. The van der Waals surface area contributed by atoms with Crippen molar-refractivity contribution >= 4 is 22.5 Å². The molecule has 1 spiro atoms. The predicted molar refractivity (Wildman–Crippen MR) is 147 cm³/mol. The number of nitrogens with one attached hydrogen (secondary N) is 1. The minimum atomic E-state index is -0.848. The van der Waals surface area contributed by atoms with Crippen LogP contribution in [0.25, 0.3) is 10.9 Å². The molecule has 2 aliphatic rings. The summed E-state index contributed by atoms with van der Waals surface area (Å²) < 4.78 is 7.75.